The van der Waals surface area contributed by atoms with Crippen LogP contribution in [0.1, 0.15) is 64.7 Å². The Kier molecular flexibility index (Phi) is 5.93. The average molecular weight is 195 g/mol. The van der Waals surface area contributed by atoms with E-state index < -0.39 is 0 Å². The molecule has 0 bridgehead atoms. The van der Waals surface area contributed by atoms with E-state index in [2.05, 4.69) is 13.0 Å². The Morgan fingerprint density at radius 2 is 1.79 bits per heavy atom. The van der Waals surface area contributed by atoms with E-state index in [9.17, 15) is 0 Å². The number of hydrogen-bond acceptors (Lipinski definition) is 1. The van der Waals surface area contributed by atoms with Gasteiger partial charge in [-0.2, -0.15) is 0 Å². The highest BCUT2D eigenvalue weighted by Crippen LogP contribution is 2.25. The van der Waals surface area contributed by atoms with Gasteiger partial charge in [-0.25, -0.2) is 0 Å². The number of hydrogen-bond donors (Lipinski definition) is 1. The molecule has 0 saturated heterocycles. The predicted molar refractivity (Wildman–Crippen MR) is 63.3 cm³/mol. The largest absolute Gasteiger partial charge is 0.327 e. The van der Waals surface area contributed by atoms with Crippen molar-refractivity contribution in [1.29, 1.82) is 0 Å². The molecule has 0 heterocycles. The van der Waals surface area contributed by atoms with Crippen molar-refractivity contribution in [3.63, 3.8) is 0 Å². The lowest BCUT2D eigenvalue weighted by Gasteiger charge is -2.25. The Hall–Kier alpha value is -0.300. The van der Waals surface area contributed by atoms with E-state index in [4.69, 9.17) is 5.73 Å². The van der Waals surface area contributed by atoms with E-state index in [1.165, 1.54) is 44.9 Å². The predicted octanol–water partition coefficient (Wildman–Crippen LogP) is 3.78. The molecule has 82 valence electrons. The summed E-state index contributed by atoms with van der Waals surface area (Å²) in [6.45, 7) is 2.27. The highest BCUT2D eigenvalue weighted by atomic mass is 14.7. The smallest absolute Gasteiger partial charge is 0.0113 e. The Morgan fingerprint density at radius 1 is 1.14 bits per heavy atom. The topological polar surface area (TPSA) is 26.0 Å². The third kappa shape index (κ3) is 4.80. The molecule has 0 spiro atoms. The van der Waals surface area contributed by atoms with Crippen molar-refractivity contribution in [2.24, 2.45) is 5.73 Å². The van der Waals surface area contributed by atoms with Crippen molar-refractivity contribution in [3.05, 3.63) is 11.6 Å². The van der Waals surface area contributed by atoms with E-state index in [0.29, 0.717) is 6.04 Å². The van der Waals surface area contributed by atoms with E-state index >= 15 is 0 Å². The van der Waals surface area contributed by atoms with E-state index in [-0.39, 0.29) is 0 Å². The monoisotopic (exact) mass is 195 g/mol. The van der Waals surface area contributed by atoms with Gasteiger partial charge in [0.1, 0.15) is 0 Å². The Labute approximate surface area is 88.8 Å². The minimum atomic E-state index is 0.478. The molecular formula is C13H25N. The molecule has 0 radical (unpaired) electrons. The van der Waals surface area contributed by atoms with Crippen molar-refractivity contribution in [2.45, 2.75) is 70.8 Å². The zero-order chi connectivity index (χ0) is 10.2. The lowest BCUT2D eigenvalue weighted by atomic mass is 9.86. The van der Waals surface area contributed by atoms with Gasteiger partial charge in [0, 0.05) is 6.04 Å². The average Bonchev–Trinajstić information content (AvgIpc) is 2.13. The van der Waals surface area contributed by atoms with E-state index in [0.717, 1.165) is 12.8 Å². The second kappa shape index (κ2) is 7.05. The summed E-state index contributed by atoms with van der Waals surface area (Å²) in [6, 6.07) is 0.478. The summed E-state index contributed by atoms with van der Waals surface area (Å²) in [4.78, 5) is 0. The number of allylic oxidation sites excluding steroid dienone is 1. The van der Waals surface area contributed by atoms with Crippen LogP contribution in [0, 0.1) is 0 Å². The van der Waals surface area contributed by atoms with Gasteiger partial charge in [-0.15, -0.1) is 0 Å². The SMILES string of the molecule is CCCCCCCCC=C1CC(N)C1. The molecule has 1 aliphatic carbocycles. The second-order valence-corrected chi connectivity index (χ2v) is 4.59. The van der Waals surface area contributed by atoms with Crippen LogP contribution >= 0.6 is 0 Å². The number of rotatable bonds is 7. The first-order valence-corrected chi connectivity index (χ1v) is 6.26. The standard InChI is InChI=1S/C13H25N/c1-2-3-4-5-6-7-8-9-12-10-13(14)11-12/h9,13H,2-8,10-11,14H2,1H3. The number of unbranched alkanes of at least 4 members (excludes halogenated alkanes) is 6. The molecule has 0 amide bonds. The molecule has 1 heteroatoms. The van der Waals surface area contributed by atoms with Crippen LogP contribution in [-0.2, 0) is 0 Å². The molecule has 2 N–H and O–H groups in total. The van der Waals surface area contributed by atoms with Crippen LogP contribution in [0.2, 0.25) is 0 Å². The Balaban J connectivity index is 1.83. The summed E-state index contributed by atoms with van der Waals surface area (Å²) in [5.74, 6) is 0. The molecule has 1 aliphatic rings. The zero-order valence-electron chi connectivity index (χ0n) is 9.60. The fraction of sp³-hybridized carbons (Fsp3) is 0.846. The van der Waals surface area contributed by atoms with Crippen LogP contribution in [0.5, 0.6) is 0 Å². The first-order chi connectivity index (χ1) is 6.83. The van der Waals surface area contributed by atoms with E-state index in [1.54, 1.807) is 5.57 Å². The molecule has 1 rings (SSSR count). The van der Waals surface area contributed by atoms with Crippen LogP contribution in [0.4, 0.5) is 0 Å². The zero-order valence-corrected chi connectivity index (χ0v) is 9.60. The van der Waals surface area contributed by atoms with Gasteiger partial charge in [-0.05, 0) is 25.7 Å². The van der Waals surface area contributed by atoms with Crippen LogP contribution < -0.4 is 5.73 Å². The molecule has 0 aromatic heterocycles. The van der Waals surface area contributed by atoms with Gasteiger partial charge in [-0.3, -0.25) is 0 Å². The molecule has 0 unspecified atom stereocenters. The first kappa shape index (κ1) is 11.8. The van der Waals surface area contributed by atoms with Crippen molar-refractivity contribution in [2.75, 3.05) is 0 Å². The van der Waals surface area contributed by atoms with Gasteiger partial charge in [0.2, 0.25) is 0 Å². The Morgan fingerprint density at radius 3 is 2.43 bits per heavy atom. The fourth-order valence-electron chi connectivity index (χ4n) is 2.01. The van der Waals surface area contributed by atoms with Gasteiger partial charge in [-0.1, -0.05) is 50.7 Å². The van der Waals surface area contributed by atoms with Crippen molar-refractivity contribution >= 4 is 0 Å². The second-order valence-electron chi connectivity index (χ2n) is 4.59. The Bertz CT molecular complexity index is 164. The van der Waals surface area contributed by atoms with Crippen molar-refractivity contribution in [1.82, 2.24) is 0 Å². The van der Waals surface area contributed by atoms with Crippen LogP contribution in [0.25, 0.3) is 0 Å². The van der Waals surface area contributed by atoms with Crippen LogP contribution in [0.15, 0.2) is 11.6 Å². The van der Waals surface area contributed by atoms with Gasteiger partial charge < -0.3 is 5.73 Å². The van der Waals surface area contributed by atoms with Gasteiger partial charge in [0.25, 0.3) is 0 Å². The molecule has 1 fully saturated rings. The summed E-state index contributed by atoms with van der Waals surface area (Å²) < 4.78 is 0. The molecule has 0 aliphatic heterocycles. The van der Waals surface area contributed by atoms with Gasteiger partial charge in [0.05, 0.1) is 0 Å². The van der Waals surface area contributed by atoms with Crippen molar-refractivity contribution in [3.8, 4) is 0 Å². The summed E-state index contributed by atoms with van der Waals surface area (Å²) in [7, 11) is 0. The van der Waals surface area contributed by atoms with Gasteiger partial charge >= 0.3 is 0 Å². The van der Waals surface area contributed by atoms with Gasteiger partial charge in [0.15, 0.2) is 0 Å². The minimum Gasteiger partial charge on any atom is -0.327 e. The molecule has 0 atom stereocenters. The number of nitrogens with two attached hydrogens (primary N) is 1. The van der Waals surface area contributed by atoms with Crippen LogP contribution in [0.3, 0.4) is 0 Å². The highest BCUT2D eigenvalue weighted by Gasteiger charge is 2.17. The van der Waals surface area contributed by atoms with E-state index in [1.807, 2.05) is 0 Å². The maximum absolute atomic E-state index is 5.71. The highest BCUT2D eigenvalue weighted by molar-refractivity contribution is 5.14. The fourth-order valence-corrected chi connectivity index (χ4v) is 2.01. The summed E-state index contributed by atoms with van der Waals surface area (Å²) in [6.07, 6.45) is 14.4. The lowest BCUT2D eigenvalue weighted by molar-refractivity contribution is 0.535. The molecule has 1 saturated carbocycles. The molecule has 1 nitrogen and oxygen atoms in total. The lowest BCUT2D eigenvalue weighted by Crippen LogP contribution is -2.30. The molecule has 0 aromatic rings. The maximum atomic E-state index is 5.71. The minimum absolute atomic E-state index is 0.478. The first-order valence-electron chi connectivity index (χ1n) is 6.26. The summed E-state index contributed by atoms with van der Waals surface area (Å²) >= 11 is 0. The summed E-state index contributed by atoms with van der Waals surface area (Å²) in [5, 5.41) is 0. The molecular weight excluding hydrogens is 170 g/mol. The molecule has 0 aromatic carbocycles. The third-order valence-corrected chi connectivity index (χ3v) is 3.04. The quantitative estimate of drug-likeness (QED) is 0.485. The molecule has 14 heavy (non-hydrogen) atoms. The maximum Gasteiger partial charge on any atom is 0.0113 e. The summed E-state index contributed by atoms with van der Waals surface area (Å²) in [5.41, 5.74) is 7.32. The van der Waals surface area contributed by atoms with Crippen LogP contribution in [-0.4, -0.2) is 6.04 Å². The third-order valence-electron chi connectivity index (χ3n) is 3.04. The normalized spacial score (nSPS) is 20.7. The van der Waals surface area contributed by atoms with Crippen molar-refractivity contribution < 1.29 is 0 Å².